The van der Waals surface area contributed by atoms with Gasteiger partial charge in [0, 0.05) is 17.8 Å². The molecule has 2 aromatic rings. The molecular weight excluding hydrogens is 318 g/mol. The van der Waals surface area contributed by atoms with Crippen LogP contribution in [0, 0.1) is 25.2 Å². The lowest BCUT2D eigenvalue weighted by Crippen LogP contribution is -2.35. The Bertz CT molecular complexity index is 740. The molecule has 0 N–H and O–H groups in total. The van der Waals surface area contributed by atoms with Crippen molar-refractivity contribution in [3.05, 3.63) is 41.3 Å². The van der Waals surface area contributed by atoms with Gasteiger partial charge < -0.3 is 14.2 Å². The highest BCUT2D eigenvalue weighted by atomic mass is 16.5. The van der Waals surface area contributed by atoms with Crippen molar-refractivity contribution in [3.8, 4) is 11.8 Å². The summed E-state index contributed by atoms with van der Waals surface area (Å²) in [4.78, 5) is 14.7. The molecule has 1 aromatic heterocycles. The Morgan fingerprint density at radius 3 is 2.56 bits per heavy atom. The smallest absolute Gasteiger partial charge is 0.234 e. The van der Waals surface area contributed by atoms with Gasteiger partial charge in [-0.05, 0) is 52.0 Å². The van der Waals surface area contributed by atoms with E-state index >= 15 is 0 Å². The lowest BCUT2D eigenvalue weighted by atomic mass is 9.97. The molecule has 0 bridgehead atoms. The SMILES string of the molecule is CCOc1ccc(N(CCC#N)C(=O)C(C)c2c(C)noc2C)cc1. The fraction of sp³-hybridized carbons (Fsp3) is 0.421. The maximum atomic E-state index is 13.1. The fourth-order valence-electron chi connectivity index (χ4n) is 2.88. The van der Waals surface area contributed by atoms with E-state index in [1.165, 1.54) is 0 Å². The number of amides is 1. The van der Waals surface area contributed by atoms with Crippen LogP contribution in [0.3, 0.4) is 0 Å². The second-order valence-electron chi connectivity index (χ2n) is 5.78. The highest BCUT2D eigenvalue weighted by molar-refractivity contribution is 5.98. The van der Waals surface area contributed by atoms with E-state index in [-0.39, 0.29) is 12.3 Å². The maximum Gasteiger partial charge on any atom is 0.234 e. The topological polar surface area (TPSA) is 79.4 Å². The summed E-state index contributed by atoms with van der Waals surface area (Å²) in [6.45, 7) is 8.29. The normalized spacial score (nSPS) is 11.6. The minimum atomic E-state index is -0.406. The zero-order chi connectivity index (χ0) is 18.4. The van der Waals surface area contributed by atoms with Gasteiger partial charge in [-0.3, -0.25) is 4.79 Å². The Labute approximate surface area is 148 Å². The van der Waals surface area contributed by atoms with Crippen molar-refractivity contribution in [2.45, 2.75) is 40.0 Å². The van der Waals surface area contributed by atoms with Crippen LogP contribution in [0.5, 0.6) is 5.75 Å². The molecule has 0 saturated carbocycles. The lowest BCUT2D eigenvalue weighted by Gasteiger charge is -2.25. The number of anilines is 1. The van der Waals surface area contributed by atoms with Crippen LogP contribution in [-0.2, 0) is 4.79 Å². The number of hydrogen-bond donors (Lipinski definition) is 0. The van der Waals surface area contributed by atoms with Gasteiger partial charge in [0.1, 0.15) is 11.5 Å². The first-order valence-corrected chi connectivity index (χ1v) is 8.33. The number of benzene rings is 1. The average molecular weight is 341 g/mol. The summed E-state index contributed by atoms with van der Waals surface area (Å²) in [5.41, 5.74) is 2.26. The number of hydrogen-bond acceptors (Lipinski definition) is 5. The van der Waals surface area contributed by atoms with Gasteiger partial charge >= 0.3 is 0 Å². The van der Waals surface area contributed by atoms with Crippen LogP contribution < -0.4 is 9.64 Å². The monoisotopic (exact) mass is 341 g/mol. The predicted octanol–water partition coefficient (Wildman–Crippen LogP) is 3.74. The summed E-state index contributed by atoms with van der Waals surface area (Å²) < 4.78 is 10.6. The van der Waals surface area contributed by atoms with E-state index in [1.807, 2.05) is 45.0 Å². The summed E-state index contributed by atoms with van der Waals surface area (Å²) in [6.07, 6.45) is 0.257. The summed E-state index contributed by atoms with van der Waals surface area (Å²) in [5, 5.41) is 12.9. The maximum absolute atomic E-state index is 13.1. The minimum absolute atomic E-state index is 0.0891. The van der Waals surface area contributed by atoms with Crippen molar-refractivity contribution in [3.63, 3.8) is 0 Å². The Morgan fingerprint density at radius 1 is 1.36 bits per heavy atom. The van der Waals surface area contributed by atoms with E-state index in [0.29, 0.717) is 24.6 Å². The molecule has 2 rings (SSSR count). The second kappa shape index (κ2) is 8.34. The number of carbonyl (C=O) groups is 1. The summed E-state index contributed by atoms with van der Waals surface area (Å²) in [7, 11) is 0. The van der Waals surface area contributed by atoms with Crippen LogP contribution in [0.2, 0.25) is 0 Å². The second-order valence-corrected chi connectivity index (χ2v) is 5.78. The number of nitriles is 1. The average Bonchev–Trinajstić information content (AvgIpc) is 2.94. The molecule has 0 aliphatic rings. The zero-order valence-electron chi connectivity index (χ0n) is 15.1. The molecule has 25 heavy (non-hydrogen) atoms. The highest BCUT2D eigenvalue weighted by Crippen LogP contribution is 2.28. The number of aromatic nitrogens is 1. The van der Waals surface area contributed by atoms with Gasteiger partial charge in [-0.25, -0.2) is 0 Å². The van der Waals surface area contributed by atoms with Crippen molar-refractivity contribution in [2.24, 2.45) is 0 Å². The Hall–Kier alpha value is -2.81. The van der Waals surface area contributed by atoms with Crippen LogP contribution >= 0.6 is 0 Å². The molecule has 132 valence electrons. The molecule has 0 aliphatic carbocycles. The number of carbonyl (C=O) groups excluding carboxylic acids is 1. The third-order valence-corrected chi connectivity index (χ3v) is 4.06. The Kier molecular flexibility index (Phi) is 6.18. The molecule has 0 radical (unpaired) electrons. The molecule has 6 heteroatoms. The molecule has 1 unspecified atom stereocenters. The molecule has 1 aromatic carbocycles. The third kappa shape index (κ3) is 4.18. The number of nitrogens with zero attached hydrogens (tertiary/aromatic N) is 3. The molecule has 6 nitrogen and oxygen atoms in total. The summed E-state index contributed by atoms with van der Waals surface area (Å²) >= 11 is 0. The fourth-order valence-corrected chi connectivity index (χ4v) is 2.88. The van der Waals surface area contributed by atoms with Crippen LogP contribution in [0.25, 0.3) is 0 Å². The minimum Gasteiger partial charge on any atom is -0.494 e. The van der Waals surface area contributed by atoms with Crippen LogP contribution in [0.1, 0.15) is 43.2 Å². The first-order chi connectivity index (χ1) is 12.0. The van der Waals surface area contributed by atoms with Crippen LogP contribution in [-0.4, -0.2) is 24.2 Å². The van der Waals surface area contributed by atoms with Crippen molar-refractivity contribution in [1.29, 1.82) is 5.26 Å². The molecule has 0 saturated heterocycles. The molecule has 0 spiro atoms. The number of aryl methyl sites for hydroxylation is 2. The largest absolute Gasteiger partial charge is 0.494 e. The molecule has 1 heterocycles. The first-order valence-electron chi connectivity index (χ1n) is 8.33. The van der Waals surface area contributed by atoms with Gasteiger partial charge in [-0.1, -0.05) is 5.16 Å². The van der Waals surface area contributed by atoms with Crippen LogP contribution in [0.4, 0.5) is 5.69 Å². The van der Waals surface area contributed by atoms with E-state index in [9.17, 15) is 4.79 Å². The number of rotatable bonds is 7. The van der Waals surface area contributed by atoms with Gasteiger partial charge in [-0.15, -0.1) is 0 Å². The standard InChI is InChI=1S/C19H23N3O3/c1-5-24-17-9-7-16(8-10-17)22(12-6-11-20)19(23)13(2)18-14(3)21-25-15(18)4/h7-10,13H,5-6,12H2,1-4H3. The van der Waals surface area contributed by atoms with Crippen LogP contribution in [0.15, 0.2) is 28.8 Å². The van der Waals surface area contributed by atoms with E-state index < -0.39 is 5.92 Å². The lowest BCUT2D eigenvalue weighted by molar-refractivity contribution is -0.119. The molecule has 0 aliphatic heterocycles. The van der Waals surface area contributed by atoms with E-state index in [0.717, 1.165) is 17.0 Å². The molecule has 1 atom stereocenters. The number of ether oxygens (including phenoxy) is 1. The Morgan fingerprint density at radius 2 is 2.04 bits per heavy atom. The van der Waals surface area contributed by atoms with Crippen molar-refractivity contribution >= 4 is 11.6 Å². The summed E-state index contributed by atoms with van der Waals surface area (Å²) in [6, 6.07) is 9.42. The van der Waals surface area contributed by atoms with Gasteiger partial charge in [-0.2, -0.15) is 5.26 Å². The van der Waals surface area contributed by atoms with E-state index in [1.54, 1.807) is 11.8 Å². The first kappa shape index (κ1) is 18.5. The highest BCUT2D eigenvalue weighted by Gasteiger charge is 2.27. The summed E-state index contributed by atoms with van der Waals surface area (Å²) in [5.74, 6) is 0.897. The predicted molar refractivity (Wildman–Crippen MR) is 94.6 cm³/mol. The van der Waals surface area contributed by atoms with Gasteiger partial charge in [0.15, 0.2) is 0 Å². The van der Waals surface area contributed by atoms with Gasteiger partial charge in [0.05, 0.1) is 30.7 Å². The molecule has 0 fully saturated rings. The zero-order valence-corrected chi connectivity index (χ0v) is 15.1. The van der Waals surface area contributed by atoms with Crippen molar-refractivity contribution < 1.29 is 14.1 Å². The van der Waals surface area contributed by atoms with Crippen molar-refractivity contribution in [1.82, 2.24) is 5.16 Å². The van der Waals surface area contributed by atoms with Gasteiger partial charge in [0.2, 0.25) is 5.91 Å². The third-order valence-electron chi connectivity index (χ3n) is 4.06. The van der Waals surface area contributed by atoms with Crippen molar-refractivity contribution in [2.75, 3.05) is 18.1 Å². The Balaban J connectivity index is 2.29. The molecule has 1 amide bonds. The molecular formula is C19H23N3O3. The van der Waals surface area contributed by atoms with E-state index in [4.69, 9.17) is 14.5 Å². The van der Waals surface area contributed by atoms with Gasteiger partial charge in [0.25, 0.3) is 0 Å². The van der Waals surface area contributed by atoms with E-state index in [2.05, 4.69) is 11.2 Å². The quantitative estimate of drug-likeness (QED) is 0.766.